The Kier molecular flexibility index (Phi) is 6.51. The van der Waals surface area contributed by atoms with Crippen LogP contribution in [0.15, 0.2) is 0 Å². The molecule has 16 heavy (non-hydrogen) atoms. The topological polar surface area (TPSA) is 20.3 Å². The highest BCUT2D eigenvalue weighted by atomic mass is 16.2. The Morgan fingerprint density at radius 3 is 2.50 bits per heavy atom. The molecule has 0 aromatic heterocycles. The van der Waals surface area contributed by atoms with Gasteiger partial charge in [-0.25, -0.2) is 0 Å². The number of rotatable bonds is 8. The van der Waals surface area contributed by atoms with Crippen LogP contribution in [-0.2, 0) is 4.79 Å². The molecule has 1 heterocycles. The number of amides is 1. The zero-order valence-corrected chi connectivity index (χ0v) is 11.0. The smallest absolute Gasteiger partial charge is 0.225 e. The molecule has 1 fully saturated rings. The summed E-state index contributed by atoms with van der Waals surface area (Å²) >= 11 is 0. The predicted molar refractivity (Wildman–Crippen MR) is 68.4 cm³/mol. The van der Waals surface area contributed by atoms with Gasteiger partial charge in [0.05, 0.1) is 0 Å². The molecule has 94 valence electrons. The molecule has 0 aromatic rings. The van der Waals surface area contributed by atoms with Crippen molar-refractivity contribution in [2.45, 2.75) is 65.2 Å². The van der Waals surface area contributed by atoms with E-state index in [1.165, 1.54) is 38.5 Å². The quantitative estimate of drug-likeness (QED) is 0.578. The van der Waals surface area contributed by atoms with Crippen molar-refractivity contribution in [2.24, 2.45) is 5.92 Å². The summed E-state index contributed by atoms with van der Waals surface area (Å²) in [7, 11) is 0. The lowest BCUT2D eigenvalue weighted by Crippen LogP contribution is -2.28. The summed E-state index contributed by atoms with van der Waals surface area (Å²) in [6.45, 7) is 6.43. The van der Waals surface area contributed by atoms with E-state index in [0.29, 0.717) is 11.8 Å². The Morgan fingerprint density at radius 2 is 1.81 bits per heavy atom. The minimum Gasteiger partial charge on any atom is -0.342 e. The lowest BCUT2D eigenvalue weighted by atomic mass is 10.00. The maximum atomic E-state index is 12.0. The van der Waals surface area contributed by atoms with Crippen LogP contribution in [0.2, 0.25) is 0 Å². The molecule has 0 N–H and O–H groups in total. The van der Waals surface area contributed by atoms with E-state index in [1.807, 2.05) is 0 Å². The SMILES string of the molecule is CCCCCC1CCN(CCCCC)C1=O. The van der Waals surface area contributed by atoms with Crippen LogP contribution >= 0.6 is 0 Å². The lowest BCUT2D eigenvalue weighted by Gasteiger charge is -2.16. The third-order valence-electron chi connectivity index (χ3n) is 3.60. The monoisotopic (exact) mass is 225 g/mol. The normalized spacial score (nSPS) is 20.8. The van der Waals surface area contributed by atoms with Gasteiger partial charge in [0.25, 0.3) is 0 Å². The Hall–Kier alpha value is -0.530. The van der Waals surface area contributed by atoms with Gasteiger partial charge in [0.2, 0.25) is 5.91 Å². The van der Waals surface area contributed by atoms with Crippen molar-refractivity contribution in [3.63, 3.8) is 0 Å². The molecule has 1 rings (SSSR count). The van der Waals surface area contributed by atoms with E-state index in [2.05, 4.69) is 18.7 Å². The van der Waals surface area contributed by atoms with Gasteiger partial charge in [0.15, 0.2) is 0 Å². The fourth-order valence-electron chi connectivity index (χ4n) is 2.49. The number of carbonyl (C=O) groups excluding carboxylic acids is 1. The Balaban J connectivity index is 2.19. The largest absolute Gasteiger partial charge is 0.342 e. The van der Waals surface area contributed by atoms with Gasteiger partial charge in [-0.3, -0.25) is 4.79 Å². The zero-order valence-electron chi connectivity index (χ0n) is 11.0. The van der Waals surface area contributed by atoms with Crippen molar-refractivity contribution in [3.05, 3.63) is 0 Å². The molecule has 0 radical (unpaired) electrons. The average Bonchev–Trinajstić information content (AvgIpc) is 2.62. The van der Waals surface area contributed by atoms with Crippen molar-refractivity contribution in [3.8, 4) is 0 Å². The van der Waals surface area contributed by atoms with Crippen LogP contribution in [0.3, 0.4) is 0 Å². The molecule has 0 aromatic carbocycles. The Morgan fingerprint density at radius 1 is 1.12 bits per heavy atom. The number of likely N-dealkylation sites (tertiary alicyclic amines) is 1. The van der Waals surface area contributed by atoms with E-state index >= 15 is 0 Å². The molecule has 1 aliphatic rings. The molecule has 0 bridgehead atoms. The Bertz CT molecular complexity index is 183. The third-order valence-corrected chi connectivity index (χ3v) is 3.60. The predicted octanol–water partition coefficient (Wildman–Crippen LogP) is 3.61. The standard InChI is InChI=1S/C14H27NO/c1-3-5-7-9-13-10-12-15(14(13)16)11-8-6-4-2/h13H,3-12H2,1-2H3. The number of hydrogen-bond acceptors (Lipinski definition) is 1. The number of unbranched alkanes of at least 4 members (excludes halogenated alkanes) is 4. The second kappa shape index (κ2) is 7.70. The molecular weight excluding hydrogens is 198 g/mol. The van der Waals surface area contributed by atoms with Gasteiger partial charge in [-0.15, -0.1) is 0 Å². The van der Waals surface area contributed by atoms with Crippen molar-refractivity contribution in [1.29, 1.82) is 0 Å². The maximum Gasteiger partial charge on any atom is 0.225 e. The summed E-state index contributed by atoms with van der Waals surface area (Å²) in [5, 5.41) is 0. The molecule has 0 saturated carbocycles. The summed E-state index contributed by atoms with van der Waals surface area (Å²) in [5.41, 5.74) is 0. The van der Waals surface area contributed by atoms with E-state index in [4.69, 9.17) is 0 Å². The van der Waals surface area contributed by atoms with E-state index in [0.717, 1.165) is 25.9 Å². The molecule has 2 nitrogen and oxygen atoms in total. The van der Waals surface area contributed by atoms with Gasteiger partial charge in [-0.1, -0.05) is 46.0 Å². The fourth-order valence-corrected chi connectivity index (χ4v) is 2.49. The summed E-state index contributed by atoms with van der Waals surface area (Å²) in [4.78, 5) is 14.1. The third kappa shape index (κ3) is 4.15. The molecule has 1 amide bonds. The second-order valence-electron chi connectivity index (χ2n) is 5.01. The highest BCUT2D eigenvalue weighted by Crippen LogP contribution is 2.23. The molecule has 0 spiro atoms. The maximum absolute atomic E-state index is 12.0. The van der Waals surface area contributed by atoms with Crippen LogP contribution in [0.5, 0.6) is 0 Å². The van der Waals surface area contributed by atoms with Gasteiger partial charge in [0, 0.05) is 19.0 Å². The number of carbonyl (C=O) groups is 1. The van der Waals surface area contributed by atoms with Gasteiger partial charge in [-0.2, -0.15) is 0 Å². The van der Waals surface area contributed by atoms with Gasteiger partial charge >= 0.3 is 0 Å². The molecule has 2 heteroatoms. The molecule has 1 saturated heterocycles. The highest BCUT2D eigenvalue weighted by molar-refractivity contribution is 5.80. The van der Waals surface area contributed by atoms with Crippen LogP contribution in [-0.4, -0.2) is 23.9 Å². The van der Waals surface area contributed by atoms with Crippen molar-refractivity contribution in [1.82, 2.24) is 4.90 Å². The fraction of sp³-hybridized carbons (Fsp3) is 0.929. The van der Waals surface area contributed by atoms with Crippen LogP contribution in [0.4, 0.5) is 0 Å². The first kappa shape index (κ1) is 13.5. The summed E-state index contributed by atoms with van der Waals surface area (Å²) in [6.07, 6.45) is 9.66. The molecular formula is C14H27NO. The first-order chi connectivity index (χ1) is 7.79. The van der Waals surface area contributed by atoms with Gasteiger partial charge in [0.1, 0.15) is 0 Å². The molecule has 1 unspecified atom stereocenters. The summed E-state index contributed by atoms with van der Waals surface area (Å²) in [5.74, 6) is 0.792. The molecule has 1 atom stereocenters. The van der Waals surface area contributed by atoms with Crippen molar-refractivity contribution >= 4 is 5.91 Å². The first-order valence-electron chi connectivity index (χ1n) is 7.08. The number of hydrogen-bond donors (Lipinski definition) is 0. The van der Waals surface area contributed by atoms with E-state index in [-0.39, 0.29) is 0 Å². The van der Waals surface area contributed by atoms with Crippen LogP contribution in [0, 0.1) is 5.92 Å². The lowest BCUT2D eigenvalue weighted by molar-refractivity contribution is -0.131. The van der Waals surface area contributed by atoms with E-state index < -0.39 is 0 Å². The summed E-state index contributed by atoms with van der Waals surface area (Å²) < 4.78 is 0. The zero-order chi connectivity index (χ0) is 11.8. The van der Waals surface area contributed by atoms with Crippen LogP contribution < -0.4 is 0 Å². The van der Waals surface area contributed by atoms with Crippen molar-refractivity contribution in [2.75, 3.05) is 13.1 Å². The van der Waals surface area contributed by atoms with Crippen LogP contribution in [0.1, 0.15) is 65.2 Å². The highest BCUT2D eigenvalue weighted by Gasteiger charge is 2.30. The average molecular weight is 225 g/mol. The first-order valence-corrected chi connectivity index (χ1v) is 7.08. The number of nitrogens with zero attached hydrogens (tertiary/aromatic N) is 1. The second-order valence-corrected chi connectivity index (χ2v) is 5.01. The van der Waals surface area contributed by atoms with Gasteiger partial charge in [-0.05, 0) is 19.3 Å². The molecule has 0 aliphatic carbocycles. The van der Waals surface area contributed by atoms with E-state index in [1.54, 1.807) is 0 Å². The van der Waals surface area contributed by atoms with Crippen LogP contribution in [0.25, 0.3) is 0 Å². The summed E-state index contributed by atoms with van der Waals surface area (Å²) in [6, 6.07) is 0. The molecule has 1 aliphatic heterocycles. The minimum atomic E-state index is 0.355. The van der Waals surface area contributed by atoms with E-state index in [9.17, 15) is 4.79 Å². The minimum absolute atomic E-state index is 0.355. The van der Waals surface area contributed by atoms with Gasteiger partial charge < -0.3 is 4.90 Å². The Labute approximate surface area is 100 Å². The van der Waals surface area contributed by atoms with Crippen molar-refractivity contribution < 1.29 is 4.79 Å².